The molecule has 0 aromatic carbocycles. The van der Waals surface area contributed by atoms with E-state index in [-0.39, 0.29) is 11.8 Å². The third-order valence-corrected chi connectivity index (χ3v) is 1.49. The summed E-state index contributed by atoms with van der Waals surface area (Å²) in [5.74, 6) is -1.47. The van der Waals surface area contributed by atoms with E-state index in [1.54, 1.807) is 13.8 Å². The predicted octanol–water partition coefficient (Wildman–Crippen LogP) is 1.65. The number of aliphatic carboxylic acids is 1. The van der Waals surface area contributed by atoms with Gasteiger partial charge in [0.1, 0.15) is 5.54 Å². The van der Waals surface area contributed by atoms with Crippen molar-refractivity contribution < 1.29 is 14.7 Å². The molecule has 84 valence electrons. The van der Waals surface area contributed by atoms with E-state index in [4.69, 9.17) is 5.11 Å². The predicted molar refractivity (Wildman–Crippen MR) is 56.0 cm³/mol. The lowest BCUT2D eigenvalue weighted by atomic mass is 10.0. The molecule has 1 amide bonds. The second kappa shape index (κ2) is 6.40. The number of carbonyl (C=O) groups is 2. The monoisotopic (exact) mass is 203 g/mol. The molecule has 0 radical (unpaired) electrons. The highest BCUT2D eigenvalue weighted by atomic mass is 16.4. The van der Waals surface area contributed by atoms with Gasteiger partial charge in [0, 0.05) is 5.92 Å². The molecule has 0 aromatic rings. The molecule has 0 heterocycles. The van der Waals surface area contributed by atoms with Crippen molar-refractivity contribution in [2.75, 3.05) is 0 Å². The molecule has 4 nitrogen and oxygen atoms in total. The second-order valence-electron chi connectivity index (χ2n) is 3.57. The number of nitrogens with one attached hydrogen (secondary N) is 1. The van der Waals surface area contributed by atoms with E-state index in [2.05, 4.69) is 5.32 Å². The first-order chi connectivity index (χ1) is 6.27. The number of carbonyl (C=O) groups excluding carboxylic acids is 1. The van der Waals surface area contributed by atoms with Crippen molar-refractivity contribution in [1.82, 2.24) is 5.32 Å². The van der Waals surface area contributed by atoms with Crippen LogP contribution in [0.3, 0.4) is 0 Å². The van der Waals surface area contributed by atoms with Crippen LogP contribution in [0.1, 0.15) is 41.5 Å². The van der Waals surface area contributed by atoms with Crippen LogP contribution in [0.25, 0.3) is 0 Å². The molecule has 0 unspecified atom stereocenters. The van der Waals surface area contributed by atoms with Crippen LogP contribution in [0.2, 0.25) is 0 Å². The Morgan fingerprint density at radius 1 is 1.21 bits per heavy atom. The molecule has 0 atom stereocenters. The minimum absolute atomic E-state index is 0.191. The van der Waals surface area contributed by atoms with Gasteiger partial charge in [0.2, 0.25) is 5.91 Å². The van der Waals surface area contributed by atoms with E-state index < -0.39 is 11.5 Å². The normalized spacial score (nSPS) is 10.2. The first-order valence-corrected chi connectivity index (χ1v) is 4.83. The van der Waals surface area contributed by atoms with Gasteiger partial charge >= 0.3 is 5.97 Å². The van der Waals surface area contributed by atoms with Gasteiger partial charge in [-0.25, -0.2) is 4.79 Å². The molecule has 0 rings (SSSR count). The van der Waals surface area contributed by atoms with Gasteiger partial charge in [-0.05, 0) is 13.8 Å². The zero-order valence-electron chi connectivity index (χ0n) is 9.84. The molecule has 0 aromatic heterocycles. The average molecular weight is 203 g/mol. The summed E-state index contributed by atoms with van der Waals surface area (Å²) in [6.07, 6.45) is 0. The van der Waals surface area contributed by atoms with E-state index in [0.29, 0.717) is 0 Å². The highest BCUT2D eigenvalue weighted by Crippen LogP contribution is 2.03. The van der Waals surface area contributed by atoms with Gasteiger partial charge in [-0.15, -0.1) is 0 Å². The summed E-state index contributed by atoms with van der Waals surface area (Å²) >= 11 is 0. The number of carboxylic acid groups (broad SMARTS) is 1. The van der Waals surface area contributed by atoms with Crippen LogP contribution in [0, 0.1) is 5.92 Å². The summed E-state index contributed by atoms with van der Waals surface area (Å²) in [4.78, 5) is 21.7. The summed E-state index contributed by atoms with van der Waals surface area (Å²) in [6, 6.07) is 0. The summed E-state index contributed by atoms with van der Waals surface area (Å²) in [5, 5.41) is 11.1. The third-order valence-electron chi connectivity index (χ3n) is 1.49. The van der Waals surface area contributed by atoms with Crippen molar-refractivity contribution in [3.63, 3.8) is 0 Å². The molecular formula is C10H21NO3. The van der Waals surface area contributed by atoms with Gasteiger partial charge in [0.05, 0.1) is 0 Å². The van der Waals surface area contributed by atoms with Crippen molar-refractivity contribution in [3.8, 4) is 0 Å². The maximum Gasteiger partial charge on any atom is 0.328 e. The Morgan fingerprint density at radius 2 is 1.57 bits per heavy atom. The third kappa shape index (κ3) is 5.56. The van der Waals surface area contributed by atoms with Gasteiger partial charge in [0.15, 0.2) is 0 Å². The first-order valence-electron chi connectivity index (χ1n) is 4.83. The summed E-state index contributed by atoms with van der Waals surface area (Å²) < 4.78 is 0. The zero-order chi connectivity index (χ0) is 11.9. The molecule has 14 heavy (non-hydrogen) atoms. The largest absolute Gasteiger partial charge is 0.480 e. The smallest absolute Gasteiger partial charge is 0.328 e. The van der Waals surface area contributed by atoms with Crippen molar-refractivity contribution in [2.45, 2.75) is 47.1 Å². The highest BCUT2D eigenvalue weighted by Gasteiger charge is 2.29. The van der Waals surface area contributed by atoms with Crippen LogP contribution in [0.4, 0.5) is 0 Å². The topological polar surface area (TPSA) is 66.4 Å². The van der Waals surface area contributed by atoms with E-state index in [9.17, 15) is 9.59 Å². The minimum atomic E-state index is -1.18. The summed E-state index contributed by atoms with van der Waals surface area (Å²) in [5.41, 5.74) is -1.18. The van der Waals surface area contributed by atoms with Crippen LogP contribution < -0.4 is 5.32 Å². The quantitative estimate of drug-likeness (QED) is 0.733. The lowest BCUT2D eigenvalue weighted by Crippen LogP contribution is -2.50. The average Bonchev–Trinajstić information content (AvgIpc) is 2.06. The number of amides is 1. The fraction of sp³-hybridized carbons (Fsp3) is 0.800. The molecule has 0 aliphatic carbocycles. The fourth-order valence-electron chi connectivity index (χ4n) is 0.506. The molecule has 0 aliphatic heterocycles. The Balaban J connectivity index is 0. The van der Waals surface area contributed by atoms with Gasteiger partial charge in [-0.2, -0.15) is 0 Å². The van der Waals surface area contributed by atoms with Gasteiger partial charge < -0.3 is 10.4 Å². The maximum absolute atomic E-state index is 11.1. The molecule has 0 fully saturated rings. The van der Waals surface area contributed by atoms with Gasteiger partial charge in [-0.3, -0.25) is 4.79 Å². The van der Waals surface area contributed by atoms with Crippen LogP contribution >= 0.6 is 0 Å². The molecule has 0 spiro atoms. The van der Waals surface area contributed by atoms with E-state index in [1.165, 1.54) is 13.8 Å². The Labute approximate surface area is 85.7 Å². The number of hydrogen-bond acceptors (Lipinski definition) is 2. The Kier molecular flexibility index (Phi) is 7.05. The SMILES string of the molecule is CC.CC(C)C(=O)NC(C)(C)C(=O)O. The van der Waals surface area contributed by atoms with E-state index >= 15 is 0 Å². The second-order valence-corrected chi connectivity index (χ2v) is 3.57. The Morgan fingerprint density at radius 3 is 1.79 bits per heavy atom. The number of hydrogen-bond donors (Lipinski definition) is 2. The van der Waals surface area contributed by atoms with Crippen molar-refractivity contribution in [2.24, 2.45) is 5.92 Å². The summed E-state index contributed by atoms with van der Waals surface area (Å²) in [6.45, 7) is 10.3. The number of carboxylic acids is 1. The fourth-order valence-corrected chi connectivity index (χ4v) is 0.506. The van der Waals surface area contributed by atoms with Gasteiger partial charge in [0.25, 0.3) is 0 Å². The number of rotatable bonds is 3. The highest BCUT2D eigenvalue weighted by molar-refractivity contribution is 5.87. The lowest BCUT2D eigenvalue weighted by molar-refractivity contribution is -0.146. The van der Waals surface area contributed by atoms with Crippen molar-refractivity contribution in [1.29, 1.82) is 0 Å². The lowest BCUT2D eigenvalue weighted by Gasteiger charge is -2.22. The Hall–Kier alpha value is -1.06. The summed E-state index contributed by atoms with van der Waals surface area (Å²) in [7, 11) is 0. The van der Waals surface area contributed by atoms with Gasteiger partial charge in [-0.1, -0.05) is 27.7 Å². The maximum atomic E-state index is 11.1. The Bertz CT molecular complexity index is 198. The molecule has 4 heteroatoms. The zero-order valence-corrected chi connectivity index (χ0v) is 9.84. The van der Waals surface area contributed by atoms with Crippen LogP contribution in [-0.2, 0) is 9.59 Å². The van der Waals surface area contributed by atoms with Crippen LogP contribution in [0.5, 0.6) is 0 Å². The van der Waals surface area contributed by atoms with Crippen LogP contribution in [0.15, 0.2) is 0 Å². The minimum Gasteiger partial charge on any atom is -0.480 e. The molecule has 0 aliphatic rings. The van der Waals surface area contributed by atoms with Crippen LogP contribution in [-0.4, -0.2) is 22.5 Å². The molecule has 0 saturated carbocycles. The van der Waals surface area contributed by atoms with Crippen molar-refractivity contribution in [3.05, 3.63) is 0 Å². The molecular weight excluding hydrogens is 182 g/mol. The van der Waals surface area contributed by atoms with E-state index in [0.717, 1.165) is 0 Å². The van der Waals surface area contributed by atoms with E-state index in [1.807, 2.05) is 13.8 Å². The molecule has 0 saturated heterocycles. The molecule has 0 bridgehead atoms. The van der Waals surface area contributed by atoms with Crippen molar-refractivity contribution >= 4 is 11.9 Å². The first kappa shape index (κ1) is 15.4. The molecule has 2 N–H and O–H groups in total. The standard InChI is InChI=1S/C8H15NO3.C2H6/c1-5(2)6(10)9-8(3,4)7(11)12;1-2/h5H,1-4H3,(H,9,10)(H,11,12);1-2H3.